The summed E-state index contributed by atoms with van der Waals surface area (Å²) in [4.78, 5) is 12.9. The Bertz CT molecular complexity index is 710. The number of fused-ring (bicyclic) bond motifs is 1. The van der Waals surface area contributed by atoms with Crippen molar-refractivity contribution in [3.05, 3.63) is 18.2 Å². The van der Waals surface area contributed by atoms with Gasteiger partial charge in [-0.1, -0.05) is 6.92 Å². The highest BCUT2D eigenvalue weighted by atomic mass is 32.2. The molecular formula is C16H22N2O3S2. The van der Waals surface area contributed by atoms with E-state index in [1.165, 1.54) is 11.8 Å². The molecule has 0 saturated heterocycles. The molecule has 0 aromatic heterocycles. The molecule has 1 aliphatic heterocycles. The number of sulfonamides is 1. The van der Waals surface area contributed by atoms with Crippen LogP contribution in [-0.2, 0) is 14.8 Å². The molecule has 2 N–H and O–H groups in total. The van der Waals surface area contributed by atoms with Crippen molar-refractivity contribution in [2.24, 2.45) is 5.92 Å². The number of amides is 1. The van der Waals surface area contributed by atoms with E-state index in [2.05, 4.69) is 17.0 Å². The van der Waals surface area contributed by atoms with Crippen LogP contribution in [0.4, 0.5) is 5.69 Å². The molecule has 23 heavy (non-hydrogen) atoms. The van der Waals surface area contributed by atoms with Gasteiger partial charge >= 0.3 is 0 Å². The Morgan fingerprint density at radius 1 is 1.17 bits per heavy atom. The zero-order chi connectivity index (χ0) is 16.6. The summed E-state index contributed by atoms with van der Waals surface area (Å²) in [5.74, 6) is 0.583. The van der Waals surface area contributed by atoms with Crippen molar-refractivity contribution in [1.82, 2.24) is 4.72 Å². The van der Waals surface area contributed by atoms with Crippen LogP contribution in [-0.4, -0.2) is 25.6 Å². The summed E-state index contributed by atoms with van der Waals surface area (Å²) in [5, 5.41) is 2.62. The normalized spacial score (nSPS) is 28.1. The lowest BCUT2D eigenvalue weighted by atomic mass is 9.88. The van der Waals surface area contributed by atoms with Crippen molar-refractivity contribution in [2.75, 3.05) is 5.32 Å². The zero-order valence-electron chi connectivity index (χ0n) is 13.3. The van der Waals surface area contributed by atoms with Crippen LogP contribution < -0.4 is 10.0 Å². The largest absolute Gasteiger partial charge is 0.324 e. The number of carbonyl (C=O) groups is 1. The van der Waals surface area contributed by atoms with Crippen molar-refractivity contribution in [2.45, 2.75) is 60.6 Å². The molecule has 1 fully saturated rings. The van der Waals surface area contributed by atoms with E-state index in [-0.39, 0.29) is 22.1 Å². The summed E-state index contributed by atoms with van der Waals surface area (Å²) < 4.78 is 28.0. The number of anilines is 1. The number of carbonyl (C=O) groups excluding carboxylic acids is 1. The molecule has 0 radical (unpaired) electrons. The first kappa shape index (κ1) is 16.8. The first-order chi connectivity index (χ1) is 10.8. The van der Waals surface area contributed by atoms with Crippen molar-refractivity contribution in [1.29, 1.82) is 0 Å². The summed E-state index contributed by atoms with van der Waals surface area (Å²) in [5.41, 5.74) is 0.582. The Labute approximate surface area is 141 Å². The number of benzene rings is 1. The summed E-state index contributed by atoms with van der Waals surface area (Å²) in [6.07, 6.45) is 3.88. The topological polar surface area (TPSA) is 75.3 Å². The third-order valence-electron chi connectivity index (χ3n) is 4.53. The first-order valence-corrected chi connectivity index (χ1v) is 10.4. The smallest absolute Gasteiger partial charge is 0.240 e. The van der Waals surface area contributed by atoms with Gasteiger partial charge in [0.2, 0.25) is 15.9 Å². The predicted molar refractivity (Wildman–Crippen MR) is 92.1 cm³/mol. The van der Waals surface area contributed by atoms with E-state index in [4.69, 9.17) is 0 Å². The highest BCUT2D eigenvalue weighted by Gasteiger charge is 2.27. The fourth-order valence-corrected chi connectivity index (χ4v) is 5.28. The summed E-state index contributed by atoms with van der Waals surface area (Å²) in [7, 11) is -3.55. The van der Waals surface area contributed by atoms with Gasteiger partial charge in [-0.25, -0.2) is 13.1 Å². The molecule has 2 aliphatic rings. The maximum absolute atomic E-state index is 12.6. The second-order valence-corrected chi connectivity index (χ2v) is 9.58. The molecule has 1 atom stereocenters. The number of rotatable bonds is 3. The Balaban J connectivity index is 1.78. The van der Waals surface area contributed by atoms with Gasteiger partial charge < -0.3 is 5.32 Å². The van der Waals surface area contributed by atoms with E-state index >= 15 is 0 Å². The SMILES string of the molecule is CC1CCC(NS(=O)(=O)c2ccc3c(c2)NC(=O)C(C)S3)CC1. The Morgan fingerprint density at radius 2 is 1.87 bits per heavy atom. The minimum absolute atomic E-state index is 0.0104. The fraction of sp³-hybridized carbons (Fsp3) is 0.562. The third kappa shape index (κ3) is 3.72. The number of nitrogens with one attached hydrogen (secondary N) is 2. The molecule has 1 aromatic rings. The maximum Gasteiger partial charge on any atom is 0.240 e. The van der Waals surface area contributed by atoms with Crippen LogP contribution in [0.2, 0.25) is 0 Å². The molecule has 0 spiro atoms. The van der Waals surface area contributed by atoms with Gasteiger partial charge in [0.25, 0.3) is 0 Å². The summed E-state index contributed by atoms with van der Waals surface area (Å²) in [6.45, 7) is 4.04. The zero-order valence-corrected chi connectivity index (χ0v) is 15.0. The average molecular weight is 354 g/mol. The van der Waals surface area contributed by atoms with Crippen LogP contribution in [0.3, 0.4) is 0 Å². The van der Waals surface area contributed by atoms with E-state index in [1.54, 1.807) is 18.2 Å². The molecule has 3 rings (SSSR count). The van der Waals surface area contributed by atoms with Gasteiger partial charge in [-0.3, -0.25) is 4.79 Å². The van der Waals surface area contributed by atoms with Crippen molar-refractivity contribution >= 4 is 33.4 Å². The lowest BCUT2D eigenvalue weighted by molar-refractivity contribution is -0.115. The minimum Gasteiger partial charge on any atom is -0.324 e. The van der Waals surface area contributed by atoms with Crippen molar-refractivity contribution in [3.63, 3.8) is 0 Å². The van der Waals surface area contributed by atoms with Gasteiger partial charge in [0.1, 0.15) is 0 Å². The molecule has 1 heterocycles. The van der Waals surface area contributed by atoms with E-state index in [1.807, 2.05) is 6.92 Å². The summed E-state index contributed by atoms with van der Waals surface area (Å²) >= 11 is 1.45. The van der Waals surface area contributed by atoms with Crippen LogP contribution in [0.25, 0.3) is 0 Å². The molecule has 0 bridgehead atoms. The minimum atomic E-state index is -3.55. The first-order valence-electron chi connectivity index (χ1n) is 7.99. The molecular weight excluding hydrogens is 332 g/mol. The molecule has 1 aliphatic carbocycles. The van der Waals surface area contributed by atoms with Gasteiger partial charge in [-0.2, -0.15) is 0 Å². The van der Waals surface area contributed by atoms with Gasteiger partial charge in [-0.15, -0.1) is 11.8 Å². The fourth-order valence-electron chi connectivity index (χ4n) is 3.02. The predicted octanol–water partition coefficient (Wildman–Crippen LogP) is 2.98. The molecule has 5 nitrogen and oxygen atoms in total. The number of thioether (sulfide) groups is 1. The summed E-state index contributed by atoms with van der Waals surface area (Å²) in [6, 6.07) is 4.95. The molecule has 7 heteroatoms. The van der Waals surface area contributed by atoms with Crippen LogP contribution in [0.1, 0.15) is 39.5 Å². The highest BCUT2D eigenvalue weighted by Crippen LogP contribution is 2.36. The van der Waals surface area contributed by atoms with Gasteiger partial charge in [0.05, 0.1) is 15.8 Å². The van der Waals surface area contributed by atoms with Crippen LogP contribution in [0.5, 0.6) is 0 Å². The number of hydrogen-bond donors (Lipinski definition) is 2. The molecule has 1 amide bonds. The highest BCUT2D eigenvalue weighted by molar-refractivity contribution is 8.01. The van der Waals surface area contributed by atoms with E-state index in [9.17, 15) is 13.2 Å². The van der Waals surface area contributed by atoms with Crippen LogP contribution in [0.15, 0.2) is 28.0 Å². The average Bonchev–Trinajstić information content (AvgIpc) is 2.50. The molecule has 1 aromatic carbocycles. The Hall–Kier alpha value is -1.05. The molecule has 126 valence electrons. The monoisotopic (exact) mass is 354 g/mol. The van der Waals surface area contributed by atoms with Crippen molar-refractivity contribution in [3.8, 4) is 0 Å². The Kier molecular flexibility index (Phi) is 4.71. The van der Waals surface area contributed by atoms with Crippen LogP contribution >= 0.6 is 11.8 Å². The van der Waals surface area contributed by atoms with Gasteiger partial charge in [-0.05, 0) is 56.7 Å². The van der Waals surface area contributed by atoms with Gasteiger partial charge in [0.15, 0.2) is 0 Å². The lowest BCUT2D eigenvalue weighted by Gasteiger charge is -2.27. The number of hydrogen-bond acceptors (Lipinski definition) is 4. The second-order valence-electron chi connectivity index (χ2n) is 6.49. The van der Waals surface area contributed by atoms with Crippen LogP contribution in [0, 0.1) is 5.92 Å². The standard InChI is InChI=1S/C16H22N2O3S2/c1-10-3-5-12(6-4-10)18-23(20,21)13-7-8-15-14(9-13)17-16(19)11(2)22-15/h7-12,18H,3-6H2,1-2H3,(H,17,19). The second kappa shape index (κ2) is 6.45. The lowest BCUT2D eigenvalue weighted by Crippen LogP contribution is -2.37. The Morgan fingerprint density at radius 3 is 2.57 bits per heavy atom. The third-order valence-corrected chi connectivity index (χ3v) is 7.23. The maximum atomic E-state index is 12.6. The van der Waals surface area contributed by atoms with Gasteiger partial charge in [0, 0.05) is 10.9 Å². The van der Waals surface area contributed by atoms with Crippen molar-refractivity contribution < 1.29 is 13.2 Å². The van der Waals surface area contributed by atoms with E-state index in [0.717, 1.165) is 30.6 Å². The molecule has 1 saturated carbocycles. The molecule has 1 unspecified atom stereocenters. The van der Waals surface area contributed by atoms with E-state index < -0.39 is 10.0 Å². The van der Waals surface area contributed by atoms with E-state index in [0.29, 0.717) is 11.6 Å². The quantitative estimate of drug-likeness (QED) is 0.875.